The molecule has 1 heterocycles. The van der Waals surface area contributed by atoms with E-state index in [0.717, 1.165) is 31.5 Å². The van der Waals surface area contributed by atoms with Crippen LogP contribution in [-0.4, -0.2) is 23.2 Å². The highest BCUT2D eigenvalue weighted by atomic mass is 35.5. The first kappa shape index (κ1) is 14.2. The van der Waals surface area contributed by atoms with Crippen molar-refractivity contribution in [3.8, 4) is 0 Å². The molecule has 5 nitrogen and oxygen atoms in total. The first-order valence-corrected chi connectivity index (χ1v) is 9.50. The second-order valence-electron chi connectivity index (χ2n) is 6.04. The third-order valence-electron chi connectivity index (χ3n) is 4.14. The molecule has 0 amide bonds. The van der Waals surface area contributed by atoms with Crippen LogP contribution in [0.25, 0.3) is 0 Å². The minimum atomic E-state index is -3.52. The minimum Gasteiger partial charge on any atom is -0.311 e. The van der Waals surface area contributed by atoms with Crippen LogP contribution in [-0.2, 0) is 15.6 Å². The van der Waals surface area contributed by atoms with Crippen molar-refractivity contribution >= 4 is 21.4 Å². The van der Waals surface area contributed by atoms with Crippen LogP contribution < -0.4 is 0 Å². The fraction of sp³-hybridized carbons (Fsp3) is 0.467. The lowest BCUT2D eigenvalue weighted by atomic mass is 10.4. The predicted molar refractivity (Wildman–Crippen MR) is 82.6 cm³/mol. The zero-order valence-electron chi connectivity index (χ0n) is 11.9. The van der Waals surface area contributed by atoms with Gasteiger partial charge < -0.3 is 4.57 Å². The molecule has 0 spiro atoms. The van der Waals surface area contributed by atoms with E-state index >= 15 is 0 Å². The molecule has 0 aliphatic heterocycles. The van der Waals surface area contributed by atoms with Crippen molar-refractivity contribution < 1.29 is 8.42 Å². The lowest BCUT2D eigenvalue weighted by Crippen LogP contribution is -2.12. The SMILES string of the molecule is O=S(=O)(Cc1nnc(C2CC2)n1C1CC1)c1ccccc1Cl. The van der Waals surface area contributed by atoms with Gasteiger partial charge in [0.05, 0.1) is 9.92 Å². The summed E-state index contributed by atoms with van der Waals surface area (Å²) in [6.45, 7) is 0. The Labute approximate surface area is 134 Å². The van der Waals surface area contributed by atoms with Gasteiger partial charge in [0.15, 0.2) is 9.84 Å². The molecule has 0 radical (unpaired) electrons. The molecular weight excluding hydrogens is 322 g/mol. The van der Waals surface area contributed by atoms with Crippen molar-refractivity contribution in [2.75, 3.05) is 0 Å². The molecule has 4 rings (SSSR count). The van der Waals surface area contributed by atoms with Crippen LogP contribution in [0.4, 0.5) is 0 Å². The lowest BCUT2D eigenvalue weighted by molar-refractivity contribution is 0.588. The maximum atomic E-state index is 12.6. The topological polar surface area (TPSA) is 64.8 Å². The van der Waals surface area contributed by atoms with E-state index in [-0.39, 0.29) is 15.7 Å². The summed E-state index contributed by atoms with van der Waals surface area (Å²) in [5.41, 5.74) is 0. The Morgan fingerprint density at radius 1 is 1.14 bits per heavy atom. The maximum absolute atomic E-state index is 12.6. The smallest absolute Gasteiger partial charge is 0.187 e. The first-order valence-electron chi connectivity index (χ1n) is 7.47. The average Bonchev–Trinajstić information content (AvgIpc) is 3.38. The molecule has 7 heteroatoms. The van der Waals surface area contributed by atoms with E-state index in [2.05, 4.69) is 14.8 Å². The normalized spacial score (nSPS) is 18.6. The summed E-state index contributed by atoms with van der Waals surface area (Å²) in [6, 6.07) is 6.91. The van der Waals surface area contributed by atoms with E-state index in [1.54, 1.807) is 18.2 Å². The molecule has 0 N–H and O–H groups in total. The van der Waals surface area contributed by atoms with Crippen molar-refractivity contribution in [2.24, 2.45) is 0 Å². The average molecular weight is 338 g/mol. The molecule has 0 unspecified atom stereocenters. The van der Waals surface area contributed by atoms with Gasteiger partial charge in [0.2, 0.25) is 0 Å². The highest BCUT2D eigenvalue weighted by Crippen LogP contribution is 2.45. The summed E-state index contributed by atoms with van der Waals surface area (Å²) in [4.78, 5) is 0.162. The molecule has 2 fully saturated rings. The Balaban J connectivity index is 1.70. The minimum absolute atomic E-state index is 0.146. The Hall–Kier alpha value is -1.40. The molecule has 2 aromatic rings. The molecule has 0 bridgehead atoms. The summed E-state index contributed by atoms with van der Waals surface area (Å²) >= 11 is 6.03. The quantitative estimate of drug-likeness (QED) is 0.840. The number of aromatic nitrogens is 3. The van der Waals surface area contributed by atoms with E-state index in [1.165, 1.54) is 6.07 Å². The number of hydrogen-bond donors (Lipinski definition) is 0. The van der Waals surface area contributed by atoms with Crippen molar-refractivity contribution in [2.45, 2.75) is 48.3 Å². The molecule has 2 saturated carbocycles. The Kier molecular flexibility index (Phi) is 3.27. The van der Waals surface area contributed by atoms with Gasteiger partial charge in [-0.25, -0.2) is 8.42 Å². The lowest BCUT2D eigenvalue weighted by Gasteiger charge is -2.10. The number of rotatable bonds is 5. The van der Waals surface area contributed by atoms with Crippen molar-refractivity contribution in [3.63, 3.8) is 0 Å². The van der Waals surface area contributed by atoms with E-state index in [1.807, 2.05) is 0 Å². The largest absolute Gasteiger partial charge is 0.311 e. The van der Waals surface area contributed by atoms with E-state index in [4.69, 9.17) is 11.6 Å². The van der Waals surface area contributed by atoms with Gasteiger partial charge in [-0.3, -0.25) is 0 Å². The van der Waals surface area contributed by atoms with E-state index in [9.17, 15) is 8.42 Å². The van der Waals surface area contributed by atoms with Crippen LogP contribution >= 0.6 is 11.6 Å². The summed E-state index contributed by atoms with van der Waals surface area (Å²) in [6.07, 6.45) is 4.41. The number of benzene rings is 1. The molecule has 2 aliphatic rings. The van der Waals surface area contributed by atoms with E-state index < -0.39 is 9.84 Å². The molecule has 2 aliphatic carbocycles. The summed E-state index contributed by atoms with van der Waals surface area (Å²) in [7, 11) is -3.52. The highest BCUT2D eigenvalue weighted by Gasteiger charge is 2.37. The van der Waals surface area contributed by atoms with Crippen LogP contribution in [0.2, 0.25) is 5.02 Å². The third-order valence-corrected chi connectivity index (χ3v) is 6.24. The summed E-state index contributed by atoms with van der Waals surface area (Å²) < 4.78 is 27.4. The number of halogens is 1. The highest BCUT2D eigenvalue weighted by molar-refractivity contribution is 7.90. The molecule has 22 heavy (non-hydrogen) atoms. The van der Waals surface area contributed by atoms with Crippen molar-refractivity contribution in [1.82, 2.24) is 14.8 Å². The van der Waals surface area contributed by atoms with E-state index in [0.29, 0.717) is 17.8 Å². The second kappa shape index (κ2) is 5.06. The van der Waals surface area contributed by atoms with Crippen molar-refractivity contribution in [1.29, 1.82) is 0 Å². The fourth-order valence-electron chi connectivity index (χ4n) is 2.73. The zero-order valence-corrected chi connectivity index (χ0v) is 13.5. The van der Waals surface area contributed by atoms with Crippen LogP contribution in [0.1, 0.15) is 49.3 Å². The fourth-order valence-corrected chi connectivity index (χ4v) is 4.56. The Bertz CT molecular complexity index is 823. The molecule has 1 aromatic heterocycles. The molecule has 0 saturated heterocycles. The zero-order chi connectivity index (χ0) is 15.3. The number of nitrogens with zero attached hydrogens (tertiary/aromatic N) is 3. The van der Waals surface area contributed by atoms with Gasteiger partial charge in [-0.05, 0) is 37.8 Å². The van der Waals surface area contributed by atoms with Gasteiger partial charge in [0.25, 0.3) is 0 Å². The standard InChI is InChI=1S/C15H16ClN3O2S/c16-12-3-1-2-4-13(12)22(20,21)9-14-17-18-15(10-5-6-10)19(14)11-7-8-11/h1-4,10-11H,5-9H2. The van der Waals surface area contributed by atoms with Crippen LogP contribution in [0.5, 0.6) is 0 Å². The predicted octanol–water partition coefficient (Wildman–Crippen LogP) is 3.12. The van der Waals surface area contributed by atoms with Gasteiger partial charge in [0.1, 0.15) is 17.4 Å². The van der Waals surface area contributed by atoms with Gasteiger partial charge in [-0.2, -0.15) is 0 Å². The molecule has 0 atom stereocenters. The monoisotopic (exact) mass is 337 g/mol. The molecular formula is C15H16ClN3O2S. The molecule has 116 valence electrons. The van der Waals surface area contributed by atoms with Gasteiger partial charge in [-0.1, -0.05) is 23.7 Å². The van der Waals surface area contributed by atoms with Crippen LogP contribution in [0.3, 0.4) is 0 Å². The van der Waals surface area contributed by atoms with Gasteiger partial charge in [-0.15, -0.1) is 10.2 Å². The number of sulfone groups is 1. The first-order chi connectivity index (χ1) is 10.6. The second-order valence-corrected chi connectivity index (χ2v) is 8.40. The third kappa shape index (κ3) is 2.54. The Morgan fingerprint density at radius 3 is 2.50 bits per heavy atom. The maximum Gasteiger partial charge on any atom is 0.187 e. The molecule has 1 aromatic carbocycles. The van der Waals surface area contributed by atoms with Crippen LogP contribution in [0, 0.1) is 0 Å². The Morgan fingerprint density at radius 2 is 1.86 bits per heavy atom. The summed E-state index contributed by atoms with van der Waals surface area (Å²) in [5.74, 6) is 1.83. The van der Waals surface area contributed by atoms with Gasteiger partial charge >= 0.3 is 0 Å². The summed E-state index contributed by atoms with van der Waals surface area (Å²) in [5, 5.41) is 8.68. The van der Waals surface area contributed by atoms with Crippen molar-refractivity contribution in [3.05, 3.63) is 40.9 Å². The van der Waals surface area contributed by atoms with Gasteiger partial charge in [0, 0.05) is 12.0 Å². The number of hydrogen-bond acceptors (Lipinski definition) is 4. The van der Waals surface area contributed by atoms with Crippen LogP contribution in [0.15, 0.2) is 29.2 Å².